The van der Waals surface area contributed by atoms with Gasteiger partial charge in [-0.05, 0) is 61.2 Å². The number of benzene rings is 1. The lowest BCUT2D eigenvalue weighted by molar-refractivity contribution is 0.101. The molecule has 0 bridgehead atoms. The van der Waals surface area contributed by atoms with E-state index in [4.69, 9.17) is 0 Å². The van der Waals surface area contributed by atoms with Crippen molar-refractivity contribution in [3.05, 3.63) is 83.9 Å². The van der Waals surface area contributed by atoms with Crippen LogP contribution in [-0.4, -0.2) is 35.7 Å². The molecule has 0 aliphatic heterocycles. The average molecular weight is 493 g/mol. The number of carbonyl (C=O) groups excluding carboxylic acids is 1. The highest BCUT2D eigenvalue weighted by Gasteiger charge is 2.18. The molecule has 4 heterocycles. The lowest BCUT2D eigenvalue weighted by Crippen LogP contribution is -2.14. The largest absolute Gasteiger partial charge is 0.322 e. The van der Waals surface area contributed by atoms with E-state index in [0.29, 0.717) is 22.5 Å². The van der Waals surface area contributed by atoms with E-state index in [-0.39, 0.29) is 11.1 Å². The van der Waals surface area contributed by atoms with Crippen molar-refractivity contribution >= 4 is 40.5 Å². The van der Waals surface area contributed by atoms with Crippen molar-refractivity contribution in [3.8, 4) is 0 Å². The number of aromatic nitrogens is 6. The Morgan fingerprint density at radius 3 is 2.74 bits per heavy atom. The summed E-state index contributed by atoms with van der Waals surface area (Å²) in [5.41, 5.74) is 1.65. The van der Waals surface area contributed by atoms with Gasteiger partial charge >= 0.3 is 0 Å². The SMILES string of the molecule is Cc1cc(Nc2nc(Sc3ccc(NC(=O)c4cnccc4C(F)F)cc3)nn3cccc23)n[nH]1. The van der Waals surface area contributed by atoms with Crippen LogP contribution in [-0.2, 0) is 0 Å². The number of H-pyrrole nitrogens is 1. The van der Waals surface area contributed by atoms with Crippen LogP contribution in [0.5, 0.6) is 0 Å². The monoisotopic (exact) mass is 492 g/mol. The average Bonchev–Trinajstić information content (AvgIpc) is 3.49. The third-order valence-electron chi connectivity index (χ3n) is 4.98. The van der Waals surface area contributed by atoms with Gasteiger partial charge < -0.3 is 10.6 Å². The van der Waals surface area contributed by atoms with Gasteiger partial charge in [0.1, 0.15) is 5.52 Å². The van der Waals surface area contributed by atoms with E-state index in [9.17, 15) is 13.6 Å². The fraction of sp³-hybridized carbons (Fsp3) is 0.0870. The molecule has 0 aliphatic rings. The molecule has 5 rings (SSSR count). The number of carbonyl (C=O) groups is 1. The molecule has 5 aromatic rings. The first-order chi connectivity index (χ1) is 17.0. The maximum Gasteiger partial charge on any atom is 0.264 e. The van der Waals surface area contributed by atoms with Gasteiger partial charge in [0.05, 0.1) is 5.56 Å². The van der Waals surface area contributed by atoms with E-state index in [1.807, 2.05) is 31.3 Å². The van der Waals surface area contributed by atoms with Crippen LogP contribution >= 0.6 is 11.8 Å². The Balaban J connectivity index is 1.32. The van der Waals surface area contributed by atoms with Gasteiger partial charge in [0.25, 0.3) is 12.3 Å². The molecule has 4 aromatic heterocycles. The van der Waals surface area contributed by atoms with Crippen molar-refractivity contribution in [2.75, 3.05) is 10.6 Å². The third-order valence-corrected chi connectivity index (χ3v) is 5.84. The van der Waals surface area contributed by atoms with Crippen molar-refractivity contribution in [3.63, 3.8) is 0 Å². The lowest BCUT2D eigenvalue weighted by atomic mass is 10.1. The molecule has 9 nitrogen and oxygen atoms in total. The predicted octanol–water partition coefficient (Wildman–Crippen LogP) is 5.24. The fourth-order valence-electron chi connectivity index (χ4n) is 3.35. The summed E-state index contributed by atoms with van der Waals surface area (Å²) in [6, 6.07) is 13.7. The van der Waals surface area contributed by atoms with Crippen molar-refractivity contribution in [1.82, 2.24) is 29.8 Å². The molecule has 1 aromatic carbocycles. The van der Waals surface area contributed by atoms with Crippen molar-refractivity contribution in [2.45, 2.75) is 23.4 Å². The highest BCUT2D eigenvalue weighted by atomic mass is 32.2. The number of anilines is 3. The first-order valence-corrected chi connectivity index (χ1v) is 11.2. The molecular formula is C23H18F2N8OS. The van der Waals surface area contributed by atoms with Gasteiger partial charge in [0, 0.05) is 46.5 Å². The molecular weight excluding hydrogens is 474 g/mol. The number of rotatable bonds is 7. The Morgan fingerprint density at radius 1 is 1.17 bits per heavy atom. The lowest BCUT2D eigenvalue weighted by Gasteiger charge is -2.10. The predicted molar refractivity (Wildman–Crippen MR) is 127 cm³/mol. The number of aryl methyl sites for hydroxylation is 1. The first kappa shape index (κ1) is 22.5. The number of nitrogens with zero attached hydrogens (tertiary/aromatic N) is 5. The number of alkyl halides is 2. The molecule has 176 valence electrons. The zero-order valence-electron chi connectivity index (χ0n) is 18.2. The summed E-state index contributed by atoms with van der Waals surface area (Å²) < 4.78 is 28.1. The summed E-state index contributed by atoms with van der Waals surface area (Å²) in [6.45, 7) is 1.91. The number of pyridine rings is 1. The van der Waals surface area contributed by atoms with Crippen LogP contribution in [0.15, 0.2) is 77.2 Å². The summed E-state index contributed by atoms with van der Waals surface area (Å²) >= 11 is 1.33. The van der Waals surface area contributed by atoms with Gasteiger partial charge in [-0.1, -0.05) is 0 Å². The van der Waals surface area contributed by atoms with Crippen molar-refractivity contribution in [2.24, 2.45) is 0 Å². The standard InChI is InChI=1S/C23H18F2N8OS/c1-13-11-19(31-30-13)28-21-18-3-2-10-33(18)32-23(29-21)35-15-6-4-14(5-7-15)27-22(34)17-12-26-9-8-16(17)20(24)25/h2-12,20H,1H3,(H,27,34)(H2,28,29,30,31,32). The topological polar surface area (TPSA) is 113 Å². The van der Waals surface area contributed by atoms with Gasteiger partial charge in [0.2, 0.25) is 5.16 Å². The van der Waals surface area contributed by atoms with E-state index in [0.717, 1.165) is 28.4 Å². The highest BCUT2D eigenvalue weighted by Crippen LogP contribution is 2.29. The van der Waals surface area contributed by atoms with E-state index >= 15 is 0 Å². The molecule has 0 fully saturated rings. The van der Waals surface area contributed by atoms with Gasteiger partial charge in [-0.25, -0.2) is 18.3 Å². The van der Waals surface area contributed by atoms with Crippen LogP contribution < -0.4 is 10.6 Å². The zero-order chi connectivity index (χ0) is 24.4. The number of fused-ring (bicyclic) bond motifs is 1. The number of aromatic amines is 1. The van der Waals surface area contributed by atoms with Crippen LogP contribution in [0.1, 0.15) is 28.0 Å². The number of nitrogens with one attached hydrogen (secondary N) is 3. The van der Waals surface area contributed by atoms with Crippen LogP contribution in [0.4, 0.5) is 26.1 Å². The second kappa shape index (κ2) is 9.50. The summed E-state index contributed by atoms with van der Waals surface area (Å²) in [7, 11) is 0. The van der Waals surface area contributed by atoms with Gasteiger partial charge in [-0.2, -0.15) is 5.10 Å². The summed E-state index contributed by atoms with van der Waals surface area (Å²) in [5, 5.41) is 17.9. The normalized spacial score (nSPS) is 11.2. The Kier molecular flexibility index (Phi) is 6.10. The molecule has 0 saturated heterocycles. The van der Waals surface area contributed by atoms with Crippen molar-refractivity contribution in [1.29, 1.82) is 0 Å². The highest BCUT2D eigenvalue weighted by molar-refractivity contribution is 7.99. The number of amides is 1. The number of hydrogen-bond donors (Lipinski definition) is 3. The van der Waals surface area contributed by atoms with Crippen LogP contribution in [0.25, 0.3) is 5.52 Å². The van der Waals surface area contributed by atoms with E-state index in [1.165, 1.54) is 18.0 Å². The smallest absolute Gasteiger partial charge is 0.264 e. The number of hydrogen-bond acceptors (Lipinski definition) is 7. The quantitative estimate of drug-likeness (QED) is 0.285. The Morgan fingerprint density at radius 2 is 2.00 bits per heavy atom. The Hall–Kier alpha value is -4.32. The second-order valence-corrected chi connectivity index (χ2v) is 8.53. The summed E-state index contributed by atoms with van der Waals surface area (Å²) in [4.78, 5) is 21.7. The summed E-state index contributed by atoms with van der Waals surface area (Å²) in [5.74, 6) is 0.595. The van der Waals surface area contributed by atoms with Crippen molar-refractivity contribution < 1.29 is 13.6 Å². The molecule has 3 N–H and O–H groups in total. The molecule has 0 unspecified atom stereocenters. The molecule has 0 aliphatic carbocycles. The Labute approximate surface area is 202 Å². The van der Waals surface area contributed by atoms with Gasteiger partial charge in [-0.3, -0.25) is 14.9 Å². The van der Waals surface area contributed by atoms with E-state index in [2.05, 4.69) is 35.9 Å². The second-order valence-electron chi connectivity index (χ2n) is 7.49. The maximum atomic E-state index is 13.2. The fourth-order valence-corrected chi connectivity index (χ4v) is 4.10. The zero-order valence-corrected chi connectivity index (χ0v) is 19.1. The molecule has 0 saturated carbocycles. The van der Waals surface area contributed by atoms with E-state index in [1.54, 1.807) is 28.8 Å². The first-order valence-electron chi connectivity index (χ1n) is 10.4. The maximum absolute atomic E-state index is 13.2. The van der Waals surface area contributed by atoms with Gasteiger partial charge in [-0.15, -0.1) is 5.10 Å². The number of halogens is 2. The minimum atomic E-state index is -2.77. The molecule has 35 heavy (non-hydrogen) atoms. The van der Waals surface area contributed by atoms with Crippen LogP contribution in [0.2, 0.25) is 0 Å². The van der Waals surface area contributed by atoms with Gasteiger partial charge in [0.15, 0.2) is 11.6 Å². The minimum Gasteiger partial charge on any atom is -0.322 e. The van der Waals surface area contributed by atoms with E-state index < -0.39 is 12.3 Å². The molecule has 12 heteroatoms. The summed E-state index contributed by atoms with van der Waals surface area (Å²) in [6.07, 6.45) is 1.42. The molecule has 0 spiro atoms. The van der Waals surface area contributed by atoms with Crippen LogP contribution in [0, 0.1) is 6.92 Å². The van der Waals surface area contributed by atoms with Crippen LogP contribution in [0.3, 0.4) is 0 Å². The molecule has 1 amide bonds. The third kappa shape index (κ3) is 4.96. The molecule has 0 atom stereocenters. The minimum absolute atomic E-state index is 0.165. The Bertz CT molecular complexity index is 1500. The molecule has 0 radical (unpaired) electrons.